The summed E-state index contributed by atoms with van der Waals surface area (Å²) >= 11 is 0. The number of hydrogen-bond acceptors (Lipinski definition) is 2. The van der Waals surface area contributed by atoms with Gasteiger partial charge in [0.1, 0.15) is 11.6 Å². The lowest BCUT2D eigenvalue weighted by Crippen LogP contribution is -2.02. The van der Waals surface area contributed by atoms with Crippen LogP contribution in [-0.2, 0) is 0 Å². The van der Waals surface area contributed by atoms with Gasteiger partial charge in [0.25, 0.3) is 0 Å². The van der Waals surface area contributed by atoms with Gasteiger partial charge < -0.3 is 9.84 Å². The van der Waals surface area contributed by atoms with Gasteiger partial charge >= 0.3 is 5.97 Å². The van der Waals surface area contributed by atoms with Crippen LogP contribution in [0, 0.1) is 19.7 Å². The molecular formula is C16H15FO3. The van der Waals surface area contributed by atoms with Crippen LogP contribution in [0.3, 0.4) is 0 Å². The highest BCUT2D eigenvalue weighted by Gasteiger charge is 2.18. The number of benzene rings is 2. The quantitative estimate of drug-likeness (QED) is 0.925. The molecule has 0 aliphatic heterocycles. The van der Waals surface area contributed by atoms with Crippen LogP contribution in [-0.4, -0.2) is 18.2 Å². The van der Waals surface area contributed by atoms with E-state index in [9.17, 15) is 14.3 Å². The molecule has 0 radical (unpaired) electrons. The molecule has 20 heavy (non-hydrogen) atoms. The fraction of sp³-hybridized carbons (Fsp3) is 0.188. The summed E-state index contributed by atoms with van der Waals surface area (Å²) < 4.78 is 18.8. The number of aromatic carboxylic acids is 1. The third kappa shape index (κ3) is 2.50. The largest absolute Gasteiger partial charge is 0.496 e. The fourth-order valence-electron chi connectivity index (χ4n) is 2.34. The van der Waals surface area contributed by atoms with E-state index < -0.39 is 11.8 Å². The monoisotopic (exact) mass is 274 g/mol. The number of carbonyl (C=O) groups is 1. The third-order valence-electron chi connectivity index (χ3n) is 3.14. The first-order valence-corrected chi connectivity index (χ1v) is 6.12. The highest BCUT2D eigenvalue weighted by atomic mass is 19.1. The summed E-state index contributed by atoms with van der Waals surface area (Å²) in [5.74, 6) is -1.04. The first-order chi connectivity index (χ1) is 9.43. The van der Waals surface area contributed by atoms with Crippen LogP contribution < -0.4 is 4.74 Å². The first-order valence-electron chi connectivity index (χ1n) is 6.12. The Labute approximate surface area is 116 Å². The van der Waals surface area contributed by atoms with Gasteiger partial charge in [-0.1, -0.05) is 6.07 Å². The Kier molecular flexibility index (Phi) is 3.74. The molecule has 3 nitrogen and oxygen atoms in total. The molecule has 0 aromatic heterocycles. The van der Waals surface area contributed by atoms with Crippen LogP contribution in [0.1, 0.15) is 21.5 Å². The molecule has 0 saturated heterocycles. The summed E-state index contributed by atoms with van der Waals surface area (Å²) in [6.07, 6.45) is 0. The Balaban J connectivity index is 2.80. The number of ether oxygens (including phenoxy) is 1. The lowest BCUT2D eigenvalue weighted by molar-refractivity contribution is 0.0697. The zero-order valence-corrected chi connectivity index (χ0v) is 11.5. The molecular weight excluding hydrogens is 259 g/mol. The van der Waals surface area contributed by atoms with Crippen LogP contribution in [0.4, 0.5) is 4.39 Å². The van der Waals surface area contributed by atoms with E-state index in [-0.39, 0.29) is 5.56 Å². The first kappa shape index (κ1) is 14.1. The van der Waals surface area contributed by atoms with Gasteiger partial charge in [-0.05, 0) is 49.2 Å². The summed E-state index contributed by atoms with van der Waals surface area (Å²) in [7, 11) is 1.51. The maximum Gasteiger partial charge on any atom is 0.336 e. The van der Waals surface area contributed by atoms with Gasteiger partial charge in [0.2, 0.25) is 0 Å². The topological polar surface area (TPSA) is 46.5 Å². The lowest BCUT2D eigenvalue weighted by atomic mass is 9.93. The van der Waals surface area contributed by atoms with Gasteiger partial charge in [-0.2, -0.15) is 0 Å². The predicted molar refractivity (Wildman–Crippen MR) is 74.8 cm³/mol. The fourth-order valence-corrected chi connectivity index (χ4v) is 2.34. The minimum absolute atomic E-state index is 0.0525. The van der Waals surface area contributed by atoms with Crippen LogP contribution in [0.15, 0.2) is 30.3 Å². The van der Waals surface area contributed by atoms with Crippen LogP contribution in [0.2, 0.25) is 0 Å². The molecule has 0 fully saturated rings. The van der Waals surface area contributed by atoms with E-state index >= 15 is 0 Å². The van der Waals surface area contributed by atoms with E-state index in [0.717, 1.165) is 17.2 Å². The molecule has 0 aliphatic carbocycles. The van der Waals surface area contributed by atoms with E-state index in [1.807, 2.05) is 19.9 Å². The van der Waals surface area contributed by atoms with Gasteiger partial charge in [0.05, 0.1) is 12.7 Å². The molecule has 0 amide bonds. The minimum atomic E-state index is -1.10. The number of carboxylic acids is 1. The third-order valence-corrected chi connectivity index (χ3v) is 3.14. The van der Waals surface area contributed by atoms with Crippen molar-refractivity contribution in [2.75, 3.05) is 7.11 Å². The van der Waals surface area contributed by atoms with E-state index in [0.29, 0.717) is 16.9 Å². The van der Waals surface area contributed by atoms with Crippen LogP contribution >= 0.6 is 0 Å². The molecule has 0 heterocycles. The molecule has 1 N–H and O–H groups in total. The lowest BCUT2D eigenvalue weighted by Gasteiger charge is -2.15. The van der Waals surface area contributed by atoms with Gasteiger partial charge in [-0.3, -0.25) is 0 Å². The van der Waals surface area contributed by atoms with Crippen molar-refractivity contribution in [1.29, 1.82) is 0 Å². The molecule has 2 aromatic rings. The second-order valence-electron chi connectivity index (χ2n) is 4.65. The molecule has 4 heteroatoms. The van der Waals surface area contributed by atoms with Gasteiger partial charge in [-0.25, -0.2) is 9.18 Å². The van der Waals surface area contributed by atoms with Crippen molar-refractivity contribution < 1.29 is 19.0 Å². The molecule has 2 rings (SSSR count). The van der Waals surface area contributed by atoms with Gasteiger partial charge in [0.15, 0.2) is 0 Å². The van der Waals surface area contributed by atoms with Crippen molar-refractivity contribution in [3.05, 3.63) is 52.8 Å². The minimum Gasteiger partial charge on any atom is -0.496 e. The molecule has 2 aromatic carbocycles. The Morgan fingerprint density at radius 2 is 1.90 bits per heavy atom. The Bertz CT molecular complexity index is 678. The molecule has 0 saturated carbocycles. The van der Waals surface area contributed by atoms with E-state index in [1.165, 1.54) is 19.2 Å². The average molecular weight is 274 g/mol. The highest BCUT2D eigenvalue weighted by molar-refractivity contribution is 5.97. The summed E-state index contributed by atoms with van der Waals surface area (Å²) in [6.45, 7) is 3.77. The number of methoxy groups -OCH3 is 1. The summed E-state index contributed by atoms with van der Waals surface area (Å²) in [5, 5.41) is 9.26. The van der Waals surface area contributed by atoms with Crippen LogP contribution in [0.25, 0.3) is 11.1 Å². The van der Waals surface area contributed by atoms with E-state index in [2.05, 4.69) is 0 Å². The van der Waals surface area contributed by atoms with Crippen molar-refractivity contribution in [1.82, 2.24) is 0 Å². The Morgan fingerprint density at radius 3 is 2.50 bits per heavy atom. The molecule has 0 spiro atoms. The molecule has 0 atom stereocenters. The number of halogens is 1. The maximum atomic E-state index is 13.5. The summed E-state index contributed by atoms with van der Waals surface area (Å²) in [4.78, 5) is 11.3. The Hall–Kier alpha value is -2.36. The van der Waals surface area contributed by atoms with Crippen LogP contribution in [0.5, 0.6) is 5.75 Å². The zero-order valence-electron chi connectivity index (χ0n) is 11.5. The smallest absolute Gasteiger partial charge is 0.336 e. The number of aryl methyl sites for hydroxylation is 2. The second kappa shape index (κ2) is 5.33. The van der Waals surface area contributed by atoms with E-state index in [4.69, 9.17) is 4.74 Å². The van der Waals surface area contributed by atoms with E-state index in [1.54, 1.807) is 6.07 Å². The zero-order chi connectivity index (χ0) is 14.9. The van der Waals surface area contributed by atoms with Crippen molar-refractivity contribution in [3.63, 3.8) is 0 Å². The van der Waals surface area contributed by atoms with Gasteiger partial charge in [0, 0.05) is 11.1 Å². The summed E-state index contributed by atoms with van der Waals surface area (Å²) in [6, 6.07) is 7.35. The molecule has 0 unspecified atom stereocenters. The molecule has 104 valence electrons. The molecule has 0 aliphatic rings. The summed E-state index contributed by atoms with van der Waals surface area (Å²) in [5.41, 5.74) is 2.82. The van der Waals surface area contributed by atoms with Crippen molar-refractivity contribution in [3.8, 4) is 16.9 Å². The highest BCUT2D eigenvalue weighted by Crippen LogP contribution is 2.36. The average Bonchev–Trinajstić information content (AvgIpc) is 2.37. The predicted octanol–water partition coefficient (Wildman–Crippen LogP) is 3.82. The SMILES string of the molecule is COc1cc(C)cc(C)c1-c1cc(F)ccc1C(=O)O. The normalized spacial score (nSPS) is 10.4. The van der Waals surface area contributed by atoms with Gasteiger partial charge in [-0.15, -0.1) is 0 Å². The maximum absolute atomic E-state index is 13.5. The standard InChI is InChI=1S/C16H15FO3/c1-9-6-10(2)15(14(7-9)20-3)13-8-11(17)4-5-12(13)16(18)19/h4-8H,1-3H3,(H,18,19). The Morgan fingerprint density at radius 1 is 1.20 bits per heavy atom. The number of rotatable bonds is 3. The number of carboxylic acid groups (broad SMARTS) is 1. The number of hydrogen-bond donors (Lipinski definition) is 1. The van der Waals surface area contributed by atoms with Crippen molar-refractivity contribution >= 4 is 5.97 Å². The van der Waals surface area contributed by atoms with Crippen molar-refractivity contribution in [2.45, 2.75) is 13.8 Å². The second-order valence-corrected chi connectivity index (χ2v) is 4.65. The molecule has 0 bridgehead atoms. The van der Waals surface area contributed by atoms with Crippen molar-refractivity contribution in [2.24, 2.45) is 0 Å².